The average Bonchev–Trinajstić information content (AvgIpc) is 3.21. The molecule has 0 saturated carbocycles. The lowest BCUT2D eigenvalue weighted by Crippen LogP contribution is -2.33. The number of nitrogens with zero attached hydrogens (tertiary/aromatic N) is 2. The number of aliphatic hydroxyl groups is 2. The van der Waals surface area contributed by atoms with Crippen molar-refractivity contribution in [1.29, 1.82) is 0 Å². The summed E-state index contributed by atoms with van der Waals surface area (Å²) in [5.41, 5.74) is -0.683. The van der Waals surface area contributed by atoms with E-state index in [9.17, 15) is 30.0 Å². The van der Waals surface area contributed by atoms with Crippen LogP contribution in [0.4, 0.5) is 0 Å². The topological polar surface area (TPSA) is 138 Å². The fourth-order valence-electron chi connectivity index (χ4n) is 3.72. The van der Waals surface area contributed by atoms with Gasteiger partial charge < -0.3 is 34.0 Å². The normalized spacial score (nSPS) is 11.4. The molecule has 3 aromatic heterocycles. The summed E-state index contributed by atoms with van der Waals surface area (Å²) in [6.07, 6.45) is 1.36. The molecule has 0 fully saturated rings. The molecule has 0 aliphatic carbocycles. The number of rotatable bonds is 7. The van der Waals surface area contributed by atoms with Crippen LogP contribution in [0.1, 0.15) is 34.2 Å². The van der Waals surface area contributed by atoms with Crippen LogP contribution >= 0.6 is 0 Å². The second kappa shape index (κ2) is 8.60. The van der Waals surface area contributed by atoms with E-state index in [2.05, 4.69) is 0 Å². The van der Waals surface area contributed by atoms with E-state index < -0.39 is 17.0 Å². The Labute approximate surface area is 171 Å². The van der Waals surface area contributed by atoms with Crippen molar-refractivity contribution < 1.29 is 24.8 Å². The summed E-state index contributed by atoms with van der Waals surface area (Å²) < 4.78 is 8.03. The number of hydrogen-bond donors (Lipinski definition) is 4. The first-order chi connectivity index (χ1) is 14.3. The van der Waals surface area contributed by atoms with E-state index in [1.54, 1.807) is 19.9 Å². The van der Waals surface area contributed by atoms with Gasteiger partial charge >= 0.3 is 0 Å². The van der Waals surface area contributed by atoms with Crippen LogP contribution in [0.25, 0.3) is 0 Å². The molecule has 3 rings (SSSR count). The van der Waals surface area contributed by atoms with Gasteiger partial charge in [-0.2, -0.15) is 0 Å². The Morgan fingerprint density at radius 3 is 1.73 bits per heavy atom. The van der Waals surface area contributed by atoms with E-state index >= 15 is 0 Å². The Morgan fingerprint density at radius 1 is 0.900 bits per heavy atom. The lowest BCUT2D eigenvalue weighted by atomic mass is 9.88. The lowest BCUT2D eigenvalue weighted by Gasteiger charge is -2.21. The second-order valence-corrected chi connectivity index (χ2v) is 6.98. The molecule has 0 aromatic carbocycles. The van der Waals surface area contributed by atoms with Gasteiger partial charge in [0.05, 0.1) is 36.5 Å². The first kappa shape index (κ1) is 21.4. The predicted octanol–water partition coefficient (Wildman–Crippen LogP) is 0.796. The van der Waals surface area contributed by atoms with E-state index in [-0.39, 0.29) is 54.7 Å². The van der Waals surface area contributed by atoms with Gasteiger partial charge in [-0.3, -0.25) is 9.59 Å². The highest BCUT2D eigenvalue weighted by Gasteiger charge is 2.32. The standard InChI is InChI=1S/C21H24N2O7/c1-12-10-14(26)17(20(28)22(12)5-7-24)19(16-4-3-9-30-16)18-15(27)11-13(2)23(6-8-25)21(18)29/h3-4,9-11,19,24-27H,5-8H2,1-2H3. The Hall–Kier alpha value is -3.30. The molecule has 0 atom stereocenters. The van der Waals surface area contributed by atoms with Gasteiger partial charge in [0.1, 0.15) is 17.3 Å². The minimum Gasteiger partial charge on any atom is -0.507 e. The predicted molar refractivity (Wildman–Crippen MR) is 108 cm³/mol. The molecular formula is C21H24N2O7. The van der Waals surface area contributed by atoms with Crippen molar-refractivity contribution in [2.75, 3.05) is 13.2 Å². The molecule has 0 saturated heterocycles. The highest BCUT2D eigenvalue weighted by atomic mass is 16.3. The number of aromatic nitrogens is 2. The fourth-order valence-corrected chi connectivity index (χ4v) is 3.72. The van der Waals surface area contributed by atoms with Gasteiger partial charge in [0, 0.05) is 24.5 Å². The van der Waals surface area contributed by atoms with E-state index in [1.807, 2.05) is 0 Å². The first-order valence-electron chi connectivity index (χ1n) is 9.43. The summed E-state index contributed by atoms with van der Waals surface area (Å²) in [5, 5.41) is 40.0. The summed E-state index contributed by atoms with van der Waals surface area (Å²) in [6, 6.07) is 5.83. The van der Waals surface area contributed by atoms with Crippen LogP contribution in [0.2, 0.25) is 0 Å². The van der Waals surface area contributed by atoms with Crippen molar-refractivity contribution in [3.63, 3.8) is 0 Å². The highest BCUT2D eigenvalue weighted by Crippen LogP contribution is 2.37. The summed E-state index contributed by atoms with van der Waals surface area (Å²) >= 11 is 0. The number of furan rings is 1. The summed E-state index contributed by atoms with van der Waals surface area (Å²) in [4.78, 5) is 26.5. The maximum absolute atomic E-state index is 13.2. The third-order valence-corrected chi connectivity index (χ3v) is 5.10. The van der Waals surface area contributed by atoms with Gasteiger partial charge in [-0.05, 0) is 38.1 Å². The number of pyridine rings is 2. The minimum absolute atomic E-state index is 0.00253. The molecule has 3 heterocycles. The lowest BCUT2D eigenvalue weighted by molar-refractivity contribution is 0.271. The molecule has 0 unspecified atom stereocenters. The number of aliphatic hydroxyl groups excluding tert-OH is 2. The Morgan fingerprint density at radius 2 is 1.37 bits per heavy atom. The third-order valence-electron chi connectivity index (χ3n) is 5.10. The zero-order valence-corrected chi connectivity index (χ0v) is 16.7. The quantitative estimate of drug-likeness (QED) is 0.447. The number of hydrogen-bond acceptors (Lipinski definition) is 7. The zero-order valence-electron chi connectivity index (χ0n) is 16.7. The molecule has 0 amide bonds. The molecule has 0 spiro atoms. The minimum atomic E-state index is -1.20. The molecule has 0 aliphatic rings. The number of aryl methyl sites for hydroxylation is 2. The van der Waals surface area contributed by atoms with E-state index in [0.29, 0.717) is 11.4 Å². The van der Waals surface area contributed by atoms with Gasteiger partial charge in [0.25, 0.3) is 11.1 Å². The van der Waals surface area contributed by atoms with Crippen molar-refractivity contribution in [1.82, 2.24) is 9.13 Å². The third kappa shape index (κ3) is 3.64. The first-order valence-corrected chi connectivity index (χ1v) is 9.43. The molecular weight excluding hydrogens is 392 g/mol. The molecule has 4 N–H and O–H groups in total. The summed E-state index contributed by atoms with van der Waals surface area (Å²) in [6.45, 7) is 2.62. The molecule has 0 aliphatic heterocycles. The van der Waals surface area contributed by atoms with Crippen molar-refractivity contribution >= 4 is 0 Å². The number of aromatic hydroxyl groups is 2. The molecule has 9 heteroatoms. The SMILES string of the molecule is Cc1cc(O)c(C(c2ccco2)c2c(O)cc(C)n(CCO)c2=O)c(=O)n1CCO. The Kier molecular flexibility index (Phi) is 6.14. The Bertz CT molecular complexity index is 1080. The second-order valence-electron chi connectivity index (χ2n) is 6.98. The van der Waals surface area contributed by atoms with Crippen LogP contribution < -0.4 is 11.1 Å². The van der Waals surface area contributed by atoms with Gasteiger partial charge in [-0.1, -0.05) is 0 Å². The molecule has 9 nitrogen and oxygen atoms in total. The van der Waals surface area contributed by atoms with Gasteiger partial charge in [0.15, 0.2) is 0 Å². The average molecular weight is 416 g/mol. The van der Waals surface area contributed by atoms with Gasteiger partial charge in [-0.25, -0.2) is 0 Å². The van der Waals surface area contributed by atoms with Crippen LogP contribution in [-0.4, -0.2) is 42.8 Å². The van der Waals surface area contributed by atoms with E-state index in [0.717, 1.165) is 0 Å². The smallest absolute Gasteiger partial charge is 0.258 e. The monoisotopic (exact) mass is 416 g/mol. The van der Waals surface area contributed by atoms with Crippen LogP contribution in [0, 0.1) is 13.8 Å². The van der Waals surface area contributed by atoms with Crippen molar-refractivity contribution in [3.8, 4) is 11.5 Å². The zero-order chi connectivity index (χ0) is 22.0. The largest absolute Gasteiger partial charge is 0.507 e. The van der Waals surface area contributed by atoms with Crippen LogP contribution in [0.5, 0.6) is 11.5 Å². The molecule has 3 aromatic rings. The summed E-state index contributed by atoms with van der Waals surface area (Å²) in [5.74, 6) is -1.74. The maximum Gasteiger partial charge on any atom is 0.258 e. The van der Waals surface area contributed by atoms with E-state index in [1.165, 1.54) is 33.6 Å². The Balaban J connectivity index is 2.40. The fraction of sp³-hybridized carbons (Fsp3) is 0.333. The molecule has 30 heavy (non-hydrogen) atoms. The van der Waals surface area contributed by atoms with E-state index in [4.69, 9.17) is 4.42 Å². The molecule has 0 radical (unpaired) electrons. The van der Waals surface area contributed by atoms with Crippen LogP contribution in [0.15, 0.2) is 44.5 Å². The van der Waals surface area contributed by atoms with Gasteiger partial charge in [-0.15, -0.1) is 0 Å². The van der Waals surface area contributed by atoms with Crippen LogP contribution in [0.3, 0.4) is 0 Å². The molecule has 160 valence electrons. The van der Waals surface area contributed by atoms with Crippen molar-refractivity contribution in [2.45, 2.75) is 32.9 Å². The van der Waals surface area contributed by atoms with Crippen molar-refractivity contribution in [2.24, 2.45) is 0 Å². The highest BCUT2D eigenvalue weighted by molar-refractivity contribution is 5.50. The summed E-state index contributed by atoms with van der Waals surface area (Å²) in [7, 11) is 0. The maximum atomic E-state index is 13.2. The molecule has 0 bridgehead atoms. The van der Waals surface area contributed by atoms with Gasteiger partial charge in [0.2, 0.25) is 0 Å². The van der Waals surface area contributed by atoms with Crippen molar-refractivity contribution in [3.05, 3.63) is 79.5 Å². The van der Waals surface area contributed by atoms with Crippen LogP contribution in [-0.2, 0) is 13.1 Å².